The summed E-state index contributed by atoms with van der Waals surface area (Å²) in [7, 11) is 3.82. The zero-order valence-corrected chi connectivity index (χ0v) is 18.2. The van der Waals surface area contributed by atoms with E-state index in [1.807, 2.05) is 24.3 Å². The molecule has 8 heteroatoms. The number of rotatable bonds is 9. The van der Waals surface area contributed by atoms with Crippen LogP contribution >= 0.6 is 0 Å². The van der Waals surface area contributed by atoms with E-state index in [4.69, 9.17) is 10.5 Å². The molecule has 1 heterocycles. The molecule has 0 aliphatic carbocycles. The molecule has 2 aromatic carbocycles. The largest absolute Gasteiger partial charge is 0.491 e. The number of amides is 2. The van der Waals surface area contributed by atoms with Crippen molar-refractivity contribution in [3.8, 4) is 5.75 Å². The normalized spacial score (nSPS) is 15.8. The molecule has 0 bridgehead atoms. The molecule has 1 aliphatic heterocycles. The second-order valence-corrected chi connectivity index (χ2v) is 7.73. The van der Waals surface area contributed by atoms with Gasteiger partial charge in [-0.05, 0) is 43.4 Å². The Morgan fingerprint density at radius 3 is 2.52 bits per heavy atom. The molecule has 1 saturated heterocycles. The smallest absolute Gasteiger partial charge is 0.258 e. The molecule has 2 aromatic rings. The Bertz CT molecular complexity index is 866. The van der Waals surface area contributed by atoms with E-state index in [1.165, 1.54) is 0 Å². The van der Waals surface area contributed by atoms with E-state index in [1.54, 1.807) is 36.2 Å². The van der Waals surface area contributed by atoms with Crippen LogP contribution in [-0.2, 0) is 4.79 Å². The number of benzene rings is 2. The summed E-state index contributed by atoms with van der Waals surface area (Å²) in [5, 5.41) is 2.91. The van der Waals surface area contributed by atoms with Crippen molar-refractivity contribution in [3.05, 3.63) is 54.1 Å². The average Bonchev–Trinajstić information content (AvgIpc) is 2.79. The van der Waals surface area contributed by atoms with Gasteiger partial charge in [0.05, 0.1) is 18.5 Å². The molecular weight excluding hydrogens is 394 g/mol. The molecule has 1 unspecified atom stereocenters. The Balaban J connectivity index is 1.63. The number of piperazine rings is 1. The molecule has 0 spiro atoms. The van der Waals surface area contributed by atoms with Crippen LogP contribution in [-0.4, -0.2) is 75.2 Å². The third-order valence-corrected chi connectivity index (χ3v) is 5.58. The lowest BCUT2D eigenvalue weighted by molar-refractivity contribution is -0.111. The Labute approximate surface area is 183 Å². The van der Waals surface area contributed by atoms with Gasteiger partial charge in [0.15, 0.2) is 0 Å². The summed E-state index contributed by atoms with van der Waals surface area (Å²) in [6, 6.07) is 14.3. The molecule has 166 valence electrons. The number of para-hydroxylation sites is 2. The minimum Gasteiger partial charge on any atom is -0.491 e. The first-order valence-electron chi connectivity index (χ1n) is 10.5. The van der Waals surface area contributed by atoms with Gasteiger partial charge < -0.3 is 25.6 Å². The predicted octanol–water partition coefficient (Wildman–Crippen LogP) is 1.63. The molecule has 31 heavy (non-hydrogen) atoms. The first-order chi connectivity index (χ1) is 15.0. The molecule has 0 radical (unpaired) electrons. The van der Waals surface area contributed by atoms with E-state index in [9.17, 15) is 9.59 Å². The fraction of sp³-hybridized carbons (Fsp3) is 0.391. The molecule has 0 aromatic heterocycles. The Morgan fingerprint density at radius 1 is 1.16 bits per heavy atom. The quantitative estimate of drug-likeness (QED) is 0.469. The van der Waals surface area contributed by atoms with Crippen LogP contribution in [0.4, 0.5) is 11.4 Å². The lowest BCUT2D eigenvalue weighted by atomic mass is 10.1. The summed E-state index contributed by atoms with van der Waals surface area (Å²) < 4.78 is 6.05. The van der Waals surface area contributed by atoms with Crippen LogP contribution in [0.3, 0.4) is 0 Å². The van der Waals surface area contributed by atoms with Crippen molar-refractivity contribution in [2.24, 2.45) is 0 Å². The van der Waals surface area contributed by atoms with Crippen molar-refractivity contribution in [2.45, 2.75) is 12.6 Å². The van der Waals surface area contributed by atoms with E-state index < -0.39 is 0 Å². The van der Waals surface area contributed by atoms with Crippen molar-refractivity contribution < 1.29 is 14.3 Å². The fourth-order valence-corrected chi connectivity index (χ4v) is 3.65. The number of hydrogen-bond acceptors (Lipinski definition) is 6. The fourth-order valence-electron chi connectivity index (χ4n) is 3.65. The molecule has 2 amide bonds. The van der Waals surface area contributed by atoms with Crippen molar-refractivity contribution in [2.75, 3.05) is 57.5 Å². The van der Waals surface area contributed by atoms with Gasteiger partial charge in [-0.1, -0.05) is 12.1 Å². The van der Waals surface area contributed by atoms with Crippen molar-refractivity contribution in [1.82, 2.24) is 15.1 Å². The van der Waals surface area contributed by atoms with Gasteiger partial charge in [0.1, 0.15) is 5.75 Å². The van der Waals surface area contributed by atoms with Gasteiger partial charge >= 0.3 is 0 Å². The summed E-state index contributed by atoms with van der Waals surface area (Å²) in [6.07, 6.45) is 1.31. The zero-order valence-electron chi connectivity index (χ0n) is 18.2. The minimum atomic E-state index is -0.144. The van der Waals surface area contributed by atoms with Crippen LogP contribution < -0.4 is 20.7 Å². The predicted molar refractivity (Wildman–Crippen MR) is 122 cm³/mol. The van der Waals surface area contributed by atoms with Gasteiger partial charge in [-0.2, -0.15) is 0 Å². The number of carbonyl (C=O) groups is 2. The highest BCUT2D eigenvalue weighted by atomic mass is 16.5. The minimum absolute atomic E-state index is 0.0764. The molecular formula is C23H31N5O3. The van der Waals surface area contributed by atoms with E-state index in [2.05, 4.69) is 22.2 Å². The molecule has 3 rings (SSSR count). The van der Waals surface area contributed by atoms with Crippen LogP contribution in [0.1, 0.15) is 16.8 Å². The lowest BCUT2D eigenvalue weighted by Crippen LogP contribution is -2.54. The van der Waals surface area contributed by atoms with Gasteiger partial charge in [-0.15, -0.1) is 0 Å². The highest BCUT2D eigenvalue weighted by Gasteiger charge is 2.22. The zero-order chi connectivity index (χ0) is 22.2. The maximum absolute atomic E-state index is 12.9. The van der Waals surface area contributed by atoms with E-state index in [0.29, 0.717) is 35.7 Å². The number of nitrogen functional groups attached to an aromatic ring is 1. The number of nitrogens with two attached hydrogens (primary N) is 1. The highest BCUT2D eigenvalue weighted by molar-refractivity contribution is 6.06. The number of likely N-dealkylation sites (N-methyl/N-ethyl adjacent to an activating group) is 1. The standard InChI is InChI=1S/C23H31N5O3/c1-26-12-14-28(15-13-26)22(25-17-29)11-16-31-21-6-4-3-5-20(21)27(2)23(30)18-7-9-19(24)10-8-18/h3-10,17,22H,11-16,24H2,1-2H3,(H,25,29). The number of carbonyl (C=O) groups excluding carboxylic acids is 2. The van der Waals surface area contributed by atoms with Crippen LogP contribution in [0.2, 0.25) is 0 Å². The number of anilines is 2. The summed E-state index contributed by atoms with van der Waals surface area (Å²) in [4.78, 5) is 30.1. The Kier molecular flexibility index (Phi) is 7.86. The molecule has 8 nitrogen and oxygen atoms in total. The third kappa shape index (κ3) is 5.96. The number of ether oxygens (including phenoxy) is 1. The third-order valence-electron chi connectivity index (χ3n) is 5.58. The maximum Gasteiger partial charge on any atom is 0.258 e. The van der Waals surface area contributed by atoms with Gasteiger partial charge in [0.25, 0.3) is 5.91 Å². The molecule has 0 saturated carbocycles. The summed E-state index contributed by atoms with van der Waals surface area (Å²) in [5.41, 5.74) is 7.57. The first-order valence-corrected chi connectivity index (χ1v) is 10.5. The highest BCUT2D eigenvalue weighted by Crippen LogP contribution is 2.28. The molecule has 1 atom stereocenters. The molecule has 1 aliphatic rings. The number of nitrogens with zero attached hydrogens (tertiary/aromatic N) is 3. The lowest BCUT2D eigenvalue weighted by Gasteiger charge is -2.37. The van der Waals surface area contributed by atoms with Gasteiger partial charge in [-0.3, -0.25) is 14.5 Å². The average molecular weight is 426 g/mol. The monoisotopic (exact) mass is 425 g/mol. The number of hydrogen-bond donors (Lipinski definition) is 2. The van der Waals surface area contributed by atoms with E-state index in [0.717, 1.165) is 32.6 Å². The van der Waals surface area contributed by atoms with E-state index in [-0.39, 0.29) is 12.1 Å². The Hall–Kier alpha value is -3.10. The van der Waals surface area contributed by atoms with Crippen molar-refractivity contribution in [1.29, 1.82) is 0 Å². The van der Waals surface area contributed by atoms with Gasteiger partial charge in [0, 0.05) is 50.9 Å². The second-order valence-electron chi connectivity index (χ2n) is 7.73. The summed E-state index contributed by atoms with van der Waals surface area (Å²) >= 11 is 0. The molecule has 1 fully saturated rings. The molecule has 3 N–H and O–H groups in total. The van der Waals surface area contributed by atoms with Crippen molar-refractivity contribution in [3.63, 3.8) is 0 Å². The van der Waals surface area contributed by atoms with Crippen molar-refractivity contribution >= 4 is 23.7 Å². The summed E-state index contributed by atoms with van der Waals surface area (Å²) in [6.45, 7) is 4.16. The van der Waals surface area contributed by atoms with E-state index >= 15 is 0 Å². The second kappa shape index (κ2) is 10.8. The van der Waals surface area contributed by atoms with Crippen LogP contribution in [0.25, 0.3) is 0 Å². The summed E-state index contributed by atoms with van der Waals surface area (Å²) in [5.74, 6) is 0.478. The van der Waals surface area contributed by atoms with Crippen LogP contribution in [0, 0.1) is 0 Å². The Morgan fingerprint density at radius 2 is 1.84 bits per heavy atom. The van der Waals surface area contributed by atoms with Gasteiger partial charge in [-0.25, -0.2) is 0 Å². The SMILES string of the molecule is CN1CCN(C(CCOc2ccccc2N(C)C(=O)c2ccc(N)cc2)NC=O)CC1. The number of nitrogens with one attached hydrogen (secondary N) is 1. The maximum atomic E-state index is 12.9. The van der Waals surface area contributed by atoms with Crippen LogP contribution in [0.5, 0.6) is 5.75 Å². The first kappa shape index (κ1) is 22.6. The van der Waals surface area contributed by atoms with Crippen LogP contribution in [0.15, 0.2) is 48.5 Å². The topological polar surface area (TPSA) is 91.1 Å². The van der Waals surface area contributed by atoms with Gasteiger partial charge in [0.2, 0.25) is 6.41 Å².